The summed E-state index contributed by atoms with van der Waals surface area (Å²) in [5, 5.41) is 6.51. The summed E-state index contributed by atoms with van der Waals surface area (Å²) in [6.45, 7) is 2.97. The Labute approximate surface area is 148 Å². The standard InChI is InChI=1S/C18H25ClN2O3/c1-12-11-15(19)7-8-16(12)21-18(23)14-5-3-13(4-6-14)17(22)20-9-10-24-2/h7-8,11,13-14H,3-6,9-10H2,1-2H3,(H,20,22)(H,21,23). The van der Waals surface area contributed by atoms with Crippen LogP contribution in [0.3, 0.4) is 0 Å². The summed E-state index contributed by atoms with van der Waals surface area (Å²) < 4.78 is 4.93. The summed E-state index contributed by atoms with van der Waals surface area (Å²) in [5.41, 5.74) is 1.74. The first-order valence-electron chi connectivity index (χ1n) is 8.35. The van der Waals surface area contributed by atoms with Gasteiger partial charge in [0, 0.05) is 36.2 Å². The second-order valence-corrected chi connectivity index (χ2v) is 6.72. The number of nitrogens with one attached hydrogen (secondary N) is 2. The fourth-order valence-corrected chi connectivity index (χ4v) is 3.27. The normalized spacial score (nSPS) is 20.5. The molecule has 0 bridgehead atoms. The van der Waals surface area contributed by atoms with Crippen molar-refractivity contribution in [2.75, 3.05) is 25.6 Å². The predicted octanol–water partition coefficient (Wildman–Crippen LogP) is 3.16. The maximum atomic E-state index is 12.4. The van der Waals surface area contributed by atoms with Crippen molar-refractivity contribution < 1.29 is 14.3 Å². The largest absolute Gasteiger partial charge is 0.383 e. The monoisotopic (exact) mass is 352 g/mol. The average Bonchev–Trinajstić information content (AvgIpc) is 2.57. The summed E-state index contributed by atoms with van der Waals surface area (Å²) in [6.07, 6.45) is 2.97. The van der Waals surface area contributed by atoms with Gasteiger partial charge in [0.1, 0.15) is 0 Å². The number of aryl methyl sites for hydroxylation is 1. The van der Waals surface area contributed by atoms with Gasteiger partial charge < -0.3 is 15.4 Å². The van der Waals surface area contributed by atoms with Gasteiger partial charge in [0.05, 0.1) is 6.61 Å². The van der Waals surface area contributed by atoms with Crippen LogP contribution >= 0.6 is 11.6 Å². The van der Waals surface area contributed by atoms with Gasteiger partial charge in [0.15, 0.2) is 0 Å². The first kappa shape index (κ1) is 18.7. The van der Waals surface area contributed by atoms with Crippen LogP contribution in [0.4, 0.5) is 5.69 Å². The van der Waals surface area contributed by atoms with Crippen molar-refractivity contribution in [1.82, 2.24) is 5.32 Å². The molecule has 1 aromatic carbocycles. The van der Waals surface area contributed by atoms with Crippen molar-refractivity contribution >= 4 is 29.1 Å². The molecular formula is C18H25ClN2O3. The Morgan fingerprint density at radius 1 is 1.17 bits per heavy atom. The molecule has 2 rings (SSSR count). The third kappa shape index (κ3) is 5.21. The zero-order valence-corrected chi connectivity index (χ0v) is 15.0. The molecule has 1 aliphatic carbocycles. The van der Waals surface area contributed by atoms with Crippen LogP contribution in [0.5, 0.6) is 0 Å². The fourth-order valence-electron chi connectivity index (χ4n) is 3.04. The quantitative estimate of drug-likeness (QED) is 0.773. The Balaban J connectivity index is 1.81. The number of carbonyl (C=O) groups excluding carboxylic acids is 2. The number of rotatable bonds is 6. The Kier molecular flexibility index (Phi) is 7.06. The molecule has 2 N–H and O–H groups in total. The van der Waals surface area contributed by atoms with E-state index in [0.717, 1.165) is 36.9 Å². The molecule has 2 amide bonds. The van der Waals surface area contributed by atoms with Crippen molar-refractivity contribution in [3.05, 3.63) is 28.8 Å². The first-order chi connectivity index (χ1) is 11.5. The zero-order chi connectivity index (χ0) is 17.5. The van der Waals surface area contributed by atoms with E-state index >= 15 is 0 Å². The number of carbonyl (C=O) groups is 2. The molecule has 0 spiro atoms. The van der Waals surface area contributed by atoms with E-state index in [9.17, 15) is 9.59 Å². The third-order valence-corrected chi connectivity index (χ3v) is 4.76. The molecular weight excluding hydrogens is 328 g/mol. The molecule has 0 aliphatic heterocycles. The van der Waals surface area contributed by atoms with E-state index in [-0.39, 0.29) is 23.7 Å². The van der Waals surface area contributed by atoms with Crippen molar-refractivity contribution in [1.29, 1.82) is 0 Å². The summed E-state index contributed by atoms with van der Waals surface area (Å²) in [5.74, 6) is 0.0596. The van der Waals surface area contributed by atoms with Crippen molar-refractivity contribution in [2.45, 2.75) is 32.6 Å². The smallest absolute Gasteiger partial charge is 0.227 e. The number of ether oxygens (including phenoxy) is 1. The van der Waals surface area contributed by atoms with Gasteiger partial charge in [-0.2, -0.15) is 0 Å². The zero-order valence-electron chi connectivity index (χ0n) is 14.2. The molecule has 1 fully saturated rings. The van der Waals surface area contributed by atoms with Crippen LogP contribution in [-0.2, 0) is 14.3 Å². The SMILES string of the molecule is COCCNC(=O)C1CCC(C(=O)Nc2ccc(Cl)cc2C)CC1. The summed E-state index contributed by atoms with van der Waals surface area (Å²) in [4.78, 5) is 24.5. The van der Waals surface area contributed by atoms with Crippen LogP contribution in [0.1, 0.15) is 31.2 Å². The highest BCUT2D eigenvalue weighted by molar-refractivity contribution is 6.30. The molecule has 5 nitrogen and oxygen atoms in total. The van der Waals surface area contributed by atoms with Crippen molar-refractivity contribution in [2.24, 2.45) is 11.8 Å². The molecule has 132 valence electrons. The van der Waals surface area contributed by atoms with E-state index in [4.69, 9.17) is 16.3 Å². The Bertz CT molecular complexity index is 584. The molecule has 0 heterocycles. The van der Waals surface area contributed by atoms with Gasteiger partial charge in [-0.05, 0) is 56.4 Å². The van der Waals surface area contributed by atoms with E-state index in [1.165, 1.54) is 0 Å². The minimum absolute atomic E-state index is 0.00294. The van der Waals surface area contributed by atoms with Gasteiger partial charge in [-0.1, -0.05) is 11.6 Å². The van der Waals surface area contributed by atoms with E-state index in [1.54, 1.807) is 13.2 Å². The molecule has 1 aliphatic rings. The number of amides is 2. The molecule has 0 saturated heterocycles. The van der Waals surface area contributed by atoms with Crippen molar-refractivity contribution in [3.8, 4) is 0 Å². The Morgan fingerprint density at radius 2 is 1.79 bits per heavy atom. The number of hydrogen-bond donors (Lipinski definition) is 2. The topological polar surface area (TPSA) is 67.4 Å². The molecule has 0 unspecified atom stereocenters. The van der Waals surface area contributed by atoms with Crippen LogP contribution in [0, 0.1) is 18.8 Å². The maximum Gasteiger partial charge on any atom is 0.227 e. The summed E-state index contributed by atoms with van der Waals surface area (Å²) >= 11 is 5.93. The number of hydrogen-bond acceptors (Lipinski definition) is 3. The molecule has 0 aromatic heterocycles. The number of halogens is 1. The Hall–Kier alpha value is -1.59. The highest BCUT2D eigenvalue weighted by Gasteiger charge is 2.29. The molecule has 0 atom stereocenters. The van der Waals surface area contributed by atoms with E-state index in [0.29, 0.717) is 18.2 Å². The van der Waals surface area contributed by atoms with Gasteiger partial charge >= 0.3 is 0 Å². The second-order valence-electron chi connectivity index (χ2n) is 6.28. The van der Waals surface area contributed by atoms with Gasteiger partial charge in [0.2, 0.25) is 11.8 Å². The lowest BCUT2D eigenvalue weighted by Crippen LogP contribution is -2.36. The van der Waals surface area contributed by atoms with Gasteiger partial charge in [0.25, 0.3) is 0 Å². The maximum absolute atomic E-state index is 12.4. The highest BCUT2D eigenvalue weighted by atomic mass is 35.5. The highest BCUT2D eigenvalue weighted by Crippen LogP contribution is 2.30. The molecule has 6 heteroatoms. The minimum Gasteiger partial charge on any atom is -0.383 e. The second kappa shape index (κ2) is 9.04. The van der Waals surface area contributed by atoms with Crippen LogP contribution in [0.2, 0.25) is 5.02 Å². The Morgan fingerprint density at radius 3 is 2.38 bits per heavy atom. The number of methoxy groups -OCH3 is 1. The van der Waals surface area contributed by atoms with Crippen LogP contribution in [-0.4, -0.2) is 32.1 Å². The molecule has 1 saturated carbocycles. The first-order valence-corrected chi connectivity index (χ1v) is 8.72. The lowest BCUT2D eigenvalue weighted by atomic mass is 9.81. The summed E-state index contributed by atoms with van der Waals surface area (Å²) in [6, 6.07) is 5.42. The van der Waals surface area contributed by atoms with Gasteiger partial charge in [-0.25, -0.2) is 0 Å². The van der Waals surface area contributed by atoms with E-state index in [2.05, 4.69) is 10.6 Å². The molecule has 24 heavy (non-hydrogen) atoms. The lowest BCUT2D eigenvalue weighted by Gasteiger charge is -2.27. The van der Waals surface area contributed by atoms with E-state index in [1.807, 2.05) is 19.1 Å². The summed E-state index contributed by atoms with van der Waals surface area (Å²) in [7, 11) is 1.61. The van der Waals surface area contributed by atoms with E-state index < -0.39 is 0 Å². The van der Waals surface area contributed by atoms with Gasteiger partial charge in [-0.15, -0.1) is 0 Å². The fraction of sp³-hybridized carbons (Fsp3) is 0.556. The van der Waals surface area contributed by atoms with Crippen molar-refractivity contribution in [3.63, 3.8) is 0 Å². The lowest BCUT2D eigenvalue weighted by molar-refractivity contribution is -0.128. The molecule has 0 radical (unpaired) electrons. The third-order valence-electron chi connectivity index (χ3n) is 4.52. The number of benzene rings is 1. The van der Waals surface area contributed by atoms with Gasteiger partial charge in [-0.3, -0.25) is 9.59 Å². The minimum atomic E-state index is -0.0388. The predicted molar refractivity (Wildman–Crippen MR) is 95.2 cm³/mol. The number of anilines is 1. The van der Waals surface area contributed by atoms with Crippen LogP contribution in [0.25, 0.3) is 0 Å². The van der Waals surface area contributed by atoms with Crippen LogP contribution in [0.15, 0.2) is 18.2 Å². The van der Waals surface area contributed by atoms with Crippen LogP contribution < -0.4 is 10.6 Å². The average molecular weight is 353 g/mol. The molecule has 1 aromatic rings.